The van der Waals surface area contributed by atoms with E-state index in [1.165, 1.54) is 0 Å². The number of imidazole rings is 1. The van der Waals surface area contributed by atoms with Crippen LogP contribution < -0.4 is 5.73 Å². The molecular weight excluding hydrogens is 318 g/mol. The van der Waals surface area contributed by atoms with Gasteiger partial charge in [0.1, 0.15) is 5.82 Å². The molecule has 7 nitrogen and oxygen atoms in total. The summed E-state index contributed by atoms with van der Waals surface area (Å²) < 4.78 is 5.48. The lowest BCUT2D eigenvalue weighted by Crippen LogP contribution is -2.44. The van der Waals surface area contributed by atoms with E-state index in [4.69, 9.17) is 10.5 Å². The number of amides is 1. The zero-order valence-corrected chi connectivity index (χ0v) is 15.5. The molecule has 25 heavy (non-hydrogen) atoms. The topological polar surface area (TPSA) is 87.5 Å². The van der Waals surface area contributed by atoms with Crippen molar-refractivity contribution >= 4 is 5.91 Å². The Labute approximate surface area is 149 Å². The first-order valence-corrected chi connectivity index (χ1v) is 9.44. The molecule has 140 valence electrons. The lowest BCUT2D eigenvalue weighted by atomic mass is 10.0. The van der Waals surface area contributed by atoms with Crippen LogP contribution in [0.1, 0.15) is 37.0 Å². The minimum absolute atomic E-state index is 0.129. The number of rotatable bonds is 5. The van der Waals surface area contributed by atoms with E-state index in [9.17, 15) is 4.79 Å². The first kappa shape index (κ1) is 18.4. The van der Waals surface area contributed by atoms with Crippen LogP contribution in [0.4, 0.5) is 0 Å². The van der Waals surface area contributed by atoms with E-state index in [0.29, 0.717) is 12.6 Å². The van der Waals surface area contributed by atoms with Gasteiger partial charge in [-0.1, -0.05) is 6.92 Å². The molecule has 0 aliphatic carbocycles. The Morgan fingerprint density at radius 1 is 1.32 bits per heavy atom. The number of aromatic nitrogens is 2. The van der Waals surface area contributed by atoms with E-state index in [-0.39, 0.29) is 11.8 Å². The normalized spacial score (nSPS) is 24.3. The average molecular weight is 349 g/mol. The summed E-state index contributed by atoms with van der Waals surface area (Å²) in [6.07, 6.45) is 3.00. The Hall–Kier alpha value is -1.44. The van der Waals surface area contributed by atoms with E-state index < -0.39 is 0 Å². The van der Waals surface area contributed by atoms with Crippen LogP contribution in [0.5, 0.6) is 0 Å². The van der Waals surface area contributed by atoms with Crippen molar-refractivity contribution in [1.29, 1.82) is 0 Å². The van der Waals surface area contributed by atoms with Crippen molar-refractivity contribution < 1.29 is 9.53 Å². The molecule has 3 N–H and O–H groups in total. The molecule has 2 saturated heterocycles. The molecule has 2 fully saturated rings. The Balaban J connectivity index is 1.68. The molecule has 0 radical (unpaired) electrons. The maximum Gasteiger partial charge on any atom is 0.223 e. The molecule has 2 aliphatic heterocycles. The van der Waals surface area contributed by atoms with Gasteiger partial charge >= 0.3 is 0 Å². The molecule has 0 unspecified atom stereocenters. The van der Waals surface area contributed by atoms with Crippen molar-refractivity contribution in [1.82, 2.24) is 19.8 Å². The third-order valence-electron chi connectivity index (χ3n) is 5.49. The van der Waals surface area contributed by atoms with Crippen LogP contribution in [0.15, 0.2) is 0 Å². The second kappa shape index (κ2) is 8.29. The van der Waals surface area contributed by atoms with E-state index in [1.807, 2.05) is 0 Å². The summed E-state index contributed by atoms with van der Waals surface area (Å²) in [7, 11) is 0. The molecule has 0 bridgehead atoms. The highest BCUT2D eigenvalue weighted by Gasteiger charge is 2.31. The van der Waals surface area contributed by atoms with Gasteiger partial charge in [0.25, 0.3) is 0 Å². The fraction of sp³-hybridized carbons (Fsp3) is 0.778. The third-order valence-corrected chi connectivity index (χ3v) is 5.49. The molecule has 3 heterocycles. The van der Waals surface area contributed by atoms with Crippen molar-refractivity contribution in [3.05, 3.63) is 17.2 Å². The van der Waals surface area contributed by atoms with Gasteiger partial charge in [-0.25, -0.2) is 4.98 Å². The van der Waals surface area contributed by atoms with Crippen LogP contribution in [-0.4, -0.2) is 71.1 Å². The van der Waals surface area contributed by atoms with Crippen molar-refractivity contribution in [3.63, 3.8) is 0 Å². The van der Waals surface area contributed by atoms with Gasteiger partial charge in [0.05, 0.1) is 11.6 Å². The summed E-state index contributed by atoms with van der Waals surface area (Å²) in [5.41, 5.74) is 7.91. The molecule has 1 aromatic heterocycles. The summed E-state index contributed by atoms with van der Waals surface area (Å²) in [5, 5.41) is 0. The smallest absolute Gasteiger partial charge is 0.223 e. The van der Waals surface area contributed by atoms with E-state index in [2.05, 4.69) is 33.6 Å². The molecule has 0 aromatic carbocycles. The predicted molar refractivity (Wildman–Crippen MR) is 96.1 cm³/mol. The molecule has 1 atom stereocenters. The molecule has 0 saturated carbocycles. The molecule has 3 rings (SSSR count). The molecule has 1 amide bonds. The fourth-order valence-electron chi connectivity index (χ4n) is 3.91. The Bertz CT molecular complexity index is 582. The minimum atomic E-state index is -0.197. The lowest BCUT2D eigenvalue weighted by Gasteiger charge is -2.34. The second-order valence-electron chi connectivity index (χ2n) is 7.28. The zero-order chi connectivity index (χ0) is 17.8. The van der Waals surface area contributed by atoms with Crippen molar-refractivity contribution in [2.24, 2.45) is 11.7 Å². The Kier molecular flexibility index (Phi) is 6.09. The van der Waals surface area contributed by atoms with Crippen molar-refractivity contribution in [3.8, 4) is 0 Å². The van der Waals surface area contributed by atoms with Crippen LogP contribution in [0.2, 0.25) is 0 Å². The predicted octanol–water partition coefficient (Wildman–Crippen LogP) is 0.679. The van der Waals surface area contributed by atoms with Gasteiger partial charge in [-0.3, -0.25) is 14.6 Å². The highest BCUT2D eigenvalue weighted by Crippen LogP contribution is 2.20. The van der Waals surface area contributed by atoms with Gasteiger partial charge in [0.15, 0.2) is 0 Å². The maximum atomic E-state index is 12.0. The van der Waals surface area contributed by atoms with Crippen molar-refractivity contribution in [2.75, 3.05) is 39.4 Å². The summed E-state index contributed by atoms with van der Waals surface area (Å²) in [6.45, 7) is 9.96. The number of hydrogen-bond acceptors (Lipinski definition) is 5. The number of nitrogens with two attached hydrogens (primary N) is 1. The third kappa shape index (κ3) is 4.59. The van der Waals surface area contributed by atoms with Gasteiger partial charge in [-0.2, -0.15) is 0 Å². The molecule has 2 aliphatic rings. The number of aryl methyl sites for hydroxylation is 2. The minimum Gasteiger partial charge on any atom is -0.381 e. The number of carbonyl (C=O) groups excluding carboxylic acids is 1. The number of nitrogens with one attached hydrogen (secondary N) is 1. The second-order valence-corrected chi connectivity index (χ2v) is 7.28. The summed E-state index contributed by atoms with van der Waals surface area (Å²) in [4.78, 5) is 24.8. The highest BCUT2D eigenvalue weighted by molar-refractivity contribution is 5.77. The SMILES string of the molecule is CCc1nc(CN2CCN(C3CCOCC3)C[C@@H](C(N)=O)C2)c(C)[nH]1. The van der Waals surface area contributed by atoms with E-state index >= 15 is 0 Å². The summed E-state index contributed by atoms with van der Waals surface area (Å²) in [6, 6.07) is 0.509. The van der Waals surface area contributed by atoms with Crippen LogP contribution in [-0.2, 0) is 22.5 Å². The summed E-state index contributed by atoms with van der Waals surface area (Å²) >= 11 is 0. The van der Waals surface area contributed by atoms with Gasteiger partial charge in [0.2, 0.25) is 5.91 Å². The number of H-pyrrole nitrogens is 1. The number of ether oxygens (including phenoxy) is 1. The Morgan fingerprint density at radius 3 is 2.72 bits per heavy atom. The molecule has 0 spiro atoms. The molecule has 1 aromatic rings. The van der Waals surface area contributed by atoms with Crippen molar-refractivity contribution in [2.45, 2.75) is 45.7 Å². The number of nitrogens with zero attached hydrogens (tertiary/aromatic N) is 3. The van der Waals surface area contributed by atoms with Crippen LogP contribution in [0, 0.1) is 12.8 Å². The van der Waals surface area contributed by atoms with Gasteiger partial charge in [0, 0.05) is 64.1 Å². The molecular formula is C18H31N5O2. The Morgan fingerprint density at radius 2 is 2.08 bits per heavy atom. The van der Waals surface area contributed by atoms with E-state index in [1.54, 1.807) is 0 Å². The molecule has 7 heteroatoms. The van der Waals surface area contributed by atoms with Gasteiger partial charge in [-0.05, 0) is 19.8 Å². The summed E-state index contributed by atoms with van der Waals surface area (Å²) in [5.74, 6) is 0.699. The number of hydrogen-bond donors (Lipinski definition) is 2. The van der Waals surface area contributed by atoms with Crippen LogP contribution in [0.3, 0.4) is 0 Å². The maximum absolute atomic E-state index is 12.0. The quantitative estimate of drug-likeness (QED) is 0.816. The zero-order valence-electron chi connectivity index (χ0n) is 15.5. The van der Waals surface area contributed by atoms with Crippen LogP contribution >= 0.6 is 0 Å². The fourth-order valence-corrected chi connectivity index (χ4v) is 3.91. The first-order chi connectivity index (χ1) is 12.1. The number of primary amides is 1. The number of carbonyl (C=O) groups is 1. The van der Waals surface area contributed by atoms with E-state index in [0.717, 1.165) is 75.9 Å². The lowest BCUT2D eigenvalue weighted by molar-refractivity contribution is -0.122. The standard InChI is InChI=1S/C18H31N5O2/c1-3-17-20-13(2)16(21-17)12-22-6-7-23(11-14(10-22)18(19)24)15-4-8-25-9-5-15/h14-15H,3-12H2,1-2H3,(H2,19,24)(H,20,21)/t14-/m0/s1. The van der Waals surface area contributed by atoms with Crippen LogP contribution in [0.25, 0.3) is 0 Å². The monoisotopic (exact) mass is 349 g/mol. The van der Waals surface area contributed by atoms with Gasteiger partial charge < -0.3 is 15.5 Å². The highest BCUT2D eigenvalue weighted by atomic mass is 16.5. The van der Waals surface area contributed by atoms with Gasteiger partial charge in [-0.15, -0.1) is 0 Å². The number of aromatic amines is 1. The largest absolute Gasteiger partial charge is 0.381 e. The first-order valence-electron chi connectivity index (χ1n) is 9.44. The average Bonchev–Trinajstić information content (AvgIpc) is 2.83.